The molecule has 8 nitrogen and oxygen atoms in total. The van der Waals surface area contributed by atoms with E-state index in [-0.39, 0.29) is 28.7 Å². The minimum absolute atomic E-state index is 0.0802. The van der Waals surface area contributed by atoms with Crippen LogP contribution in [0.25, 0.3) is 0 Å². The second kappa shape index (κ2) is 10.2. The summed E-state index contributed by atoms with van der Waals surface area (Å²) in [7, 11) is 0. The SMILES string of the molecule is CC(=O)N1CCN(C(=O)c2ccc(Cl)c(Cl)c2)C1C(=O)NC(CC(=O)O)c1ccc(F)cc1. The Morgan fingerprint density at radius 2 is 1.70 bits per heavy atom. The monoisotopic (exact) mass is 495 g/mol. The van der Waals surface area contributed by atoms with Crippen LogP contribution in [0, 0.1) is 5.82 Å². The Hall–Kier alpha value is -3.17. The van der Waals surface area contributed by atoms with Crippen molar-refractivity contribution in [2.45, 2.75) is 25.6 Å². The van der Waals surface area contributed by atoms with Gasteiger partial charge >= 0.3 is 5.97 Å². The Balaban J connectivity index is 1.90. The van der Waals surface area contributed by atoms with E-state index in [1.54, 1.807) is 0 Å². The van der Waals surface area contributed by atoms with Crippen LogP contribution in [-0.2, 0) is 14.4 Å². The van der Waals surface area contributed by atoms with Crippen molar-refractivity contribution in [2.24, 2.45) is 0 Å². The lowest BCUT2D eigenvalue weighted by atomic mass is 10.0. The number of nitrogens with zero attached hydrogens (tertiary/aromatic N) is 2. The van der Waals surface area contributed by atoms with Crippen molar-refractivity contribution in [1.82, 2.24) is 15.1 Å². The maximum atomic E-state index is 13.3. The number of hydrogen-bond acceptors (Lipinski definition) is 4. The predicted molar refractivity (Wildman–Crippen MR) is 118 cm³/mol. The van der Waals surface area contributed by atoms with Gasteiger partial charge in [-0.05, 0) is 35.9 Å². The summed E-state index contributed by atoms with van der Waals surface area (Å²) in [4.78, 5) is 52.3. The lowest BCUT2D eigenvalue weighted by Gasteiger charge is -2.30. The van der Waals surface area contributed by atoms with Gasteiger partial charge in [-0.25, -0.2) is 4.39 Å². The normalized spacial score (nSPS) is 16.4. The van der Waals surface area contributed by atoms with Gasteiger partial charge < -0.3 is 20.2 Å². The minimum atomic E-state index is -1.30. The van der Waals surface area contributed by atoms with Crippen LogP contribution in [-0.4, -0.2) is 57.9 Å². The largest absolute Gasteiger partial charge is 0.481 e. The number of aliphatic carboxylic acids is 1. The summed E-state index contributed by atoms with van der Waals surface area (Å²) in [5.74, 6) is -3.43. The second-order valence-corrected chi connectivity index (χ2v) is 8.24. The first-order chi connectivity index (χ1) is 15.6. The number of nitrogens with one attached hydrogen (secondary N) is 1. The molecule has 1 heterocycles. The number of amides is 3. The van der Waals surface area contributed by atoms with E-state index in [9.17, 15) is 28.7 Å². The molecule has 2 aromatic carbocycles. The molecule has 2 aromatic rings. The third-order valence-corrected chi connectivity index (χ3v) is 5.95. The summed E-state index contributed by atoms with van der Waals surface area (Å²) in [5.41, 5.74) is 0.537. The van der Waals surface area contributed by atoms with Gasteiger partial charge in [0, 0.05) is 25.6 Å². The van der Waals surface area contributed by atoms with Gasteiger partial charge in [-0.15, -0.1) is 0 Å². The zero-order chi connectivity index (χ0) is 24.3. The summed E-state index contributed by atoms with van der Waals surface area (Å²) in [6, 6.07) is 8.27. The first-order valence-corrected chi connectivity index (χ1v) is 10.6. The highest BCUT2D eigenvalue weighted by Gasteiger charge is 2.42. The van der Waals surface area contributed by atoms with Gasteiger partial charge in [-0.1, -0.05) is 35.3 Å². The number of halogens is 3. The molecule has 174 valence electrons. The number of hydrogen-bond donors (Lipinski definition) is 2. The first kappa shape index (κ1) is 24.5. The number of carboxylic acids is 1. The Labute approximate surface area is 198 Å². The summed E-state index contributed by atoms with van der Waals surface area (Å²) < 4.78 is 13.3. The quantitative estimate of drug-likeness (QED) is 0.640. The Kier molecular flexibility index (Phi) is 7.55. The second-order valence-electron chi connectivity index (χ2n) is 7.42. The molecule has 33 heavy (non-hydrogen) atoms. The first-order valence-electron chi connectivity index (χ1n) is 9.89. The van der Waals surface area contributed by atoms with Crippen LogP contribution in [0.2, 0.25) is 10.0 Å². The van der Waals surface area contributed by atoms with Gasteiger partial charge in [-0.2, -0.15) is 0 Å². The van der Waals surface area contributed by atoms with E-state index in [0.29, 0.717) is 5.56 Å². The van der Waals surface area contributed by atoms with E-state index >= 15 is 0 Å². The molecule has 2 N–H and O–H groups in total. The average molecular weight is 496 g/mol. The van der Waals surface area contributed by atoms with E-state index in [2.05, 4.69) is 5.32 Å². The number of carbonyl (C=O) groups excluding carboxylic acids is 3. The molecule has 1 fully saturated rings. The Morgan fingerprint density at radius 1 is 1.06 bits per heavy atom. The summed E-state index contributed by atoms with van der Waals surface area (Å²) >= 11 is 11.9. The zero-order valence-electron chi connectivity index (χ0n) is 17.4. The standard InChI is InChI=1S/C22H20Cl2FN3O5/c1-12(29)27-8-9-28(22(33)14-4-7-16(23)17(24)10-14)21(27)20(32)26-18(11-19(30)31)13-2-5-15(25)6-3-13/h2-7,10,18,21H,8-9,11H2,1H3,(H,26,32)(H,30,31). The van der Waals surface area contributed by atoms with Crippen molar-refractivity contribution in [1.29, 1.82) is 0 Å². The molecule has 0 aromatic heterocycles. The molecule has 0 spiro atoms. The van der Waals surface area contributed by atoms with Gasteiger partial charge in [0.2, 0.25) is 5.91 Å². The molecule has 3 rings (SSSR count). The summed E-state index contributed by atoms with van der Waals surface area (Å²) in [6.07, 6.45) is -1.79. The van der Waals surface area contributed by atoms with E-state index < -0.39 is 48.1 Å². The third kappa shape index (κ3) is 5.61. The lowest BCUT2D eigenvalue weighted by molar-refractivity contribution is -0.141. The van der Waals surface area contributed by atoms with E-state index in [1.807, 2.05) is 0 Å². The Bertz CT molecular complexity index is 1100. The average Bonchev–Trinajstić information content (AvgIpc) is 3.20. The highest BCUT2D eigenvalue weighted by atomic mass is 35.5. The number of benzene rings is 2. The fourth-order valence-electron chi connectivity index (χ4n) is 3.62. The fraction of sp³-hybridized carbons (Fsp3) is 0.273. The molecule has 2 unspecified atom stereocenters. The highest BCUT2D eigenvalue weighted by molar-refractivity contribution is 6.42. The summed E-state index contributed by atoms with van der Waals surface area (Å²) in [5, 5.41) is 12.3. The van der Waals surface area contributed by atoms with Gasteiger partial charge in [0.25, 0.3) is 11.8 Å². The zero-order valence-corrected chi connectivity index (χ0v) is 18.9. The van der Waals surface area contributed by atoms with Crippen LogP contribution in [0.1, 0.15) is 35.3 Å². The Morgan fingerprint density at radius 3 is 2.27 bits per heavy atom. The molecule has 0 saturated carbocycles. The van der Waals surface area contributed by atoms with Crippen LogP contribution in [0.15, 0.2) is 42.5 Å². The minimum Gasteiger partial charge on any atom is -0.481 e. The number of carboxylic acid groups (broad SMARTS) is 1. The fourth-order valence-corrected chi connectivity index (χ4v) is 3.91. The highest BCUT2D eigenvalue weighted by Crippen LogP contribution is 2.26. The molecule has 11 heteroatoms. The molecule has 0 bridgehead atoms. The van der Waals surface area contributed by atoms with Crippen LogP contribution in [0.5, 0.6) is 0 Å². The van der Waals surface area contributed by atoms with Gasteiger partial charge in [0.15, 0.2) is 6.17 Å². The van der Waals surface area contributed by atoms with Crippen LogP contribution in [0.4, 0.5) is 4.39 Å². The van der Waals surface area contributed by atoms with Gasteiger partial charge in [0.1, 0.15) is 5.82 Å². The van der Waals surface area contributed by atoms with E-state index in [4.69, 9.17) is 23.2 Å². The van der Waals surface area contributed by atoms with Crippen LogP contribution < -0.4 is 5.32 Å². The molecule has 0 radical (unpaired) electrons. The van der Waals surface area contributed by atoms with Crippen LogP contribution >= 0.6 is 23.2 Å². The molecule has 1 aliphatic heterocycles. The van der Waals surface area contributed by atoms with Gasteiger partial charge in [0.05, 0.1) is 22.5 Å². The van der Waals surface area contributed by atoms with Crippen molar-refractivity contribution in [3.05, 3.63) is 69.5 Å². The number of carbonyl (C=O) groups is 4. The van der Waals surface area contributed by atoms with Crippen molar-refractivity contribution in [3.8, 4) is 0 Å². The van der Waals surface area contributed by atoms with Crippen molar-refractivity contribution in [3.63, 3.8) is 0 Å². The smallest absolute Gasteiger partial charge is 0.305 e. The summed E-state index contributed by atoms with van der Waals surface area (Å²) in [6.45, 7) is 1.46. The molecule has 1 saturated heterocycles. The molecular formula is C22H20Cl2FN3O5. The third-order valence-electron chi connectivity index (χ3n) is 5.21. The molecule has 3 amide bonds. The van der Waals surface area contributed by atoms with E-state index in [0.717, 1.165) is 12.1 Å². The number of rotatable bonds is 6. The van der Waals surface area contributed by atoms with E-state index in [1.165, 1.54) is 47.1 Å². The van der Waals surface area contributed by atoms with Crippen LogP contribution in [0.3, 0.4) is 0 Å². The molecular weight excluding hydrogens is 476 g/mol. The van der Waals surface area contributed by atoms with Crippen molar-refractivity contribution in [2.75, 3.05) is 13.1 Å². The maximum Gasteiger partial charge on any atom is 0.305 e. The molecule has 0 aliphatic carbocycles. The maximum absolute atomic E-state index is 13.3. The molecule has 1 aliphatic rings. The lowest BCUT2D eigenvalue weighted by Crippen LogP contribution is -2.54. The predicted octanol–water partition coefficient (Wildman–Crippen LogP) is 3.10. The topological polar surface area (TPSA) is 107 Å². The van der Waals surface area contributed by atoms with Crippen molar-refractivity contribution < 1.29 is 28.7 Å². The van der Waals surface area contributed by atoms with Crippen molar-refractivity contribution >= 4 is 46.9 Å². The molecule has 2 atom stereocenters. The van der Waals surface area contributed by atoms with Gasteiger partial charge in [-0.3, -0.25) is 19.2 Å².